The largest absolute Gasteiger partial charge is 0.352 e. The van der Waals surface area contributed by atoms with Crippen molar-refractivity contribution in [1.29, 1.82) is 0 Å². The van der Waals surface area contributed by atoms with E-state index in [1.807, 2.05) is 50.2 Å². The van der Waals surface area contributed by atoms with Crippen LogP contribution in [0.4, 0.5) is 5.69 Å². The van der Waals surface area contributed by atoms with Crippen molar-refractivity contribution in [3.8, 4) is 0 Å². The molecule has 0 aliphatic heterocycles. The third kappa shape index (κ3) is 2.73. The Balaban J connectivity index is 1.70. The molecule has 7 heteroatoms. The minimum Gasteiger partial charge on any atom is -0.324 e. The van der Waals surface area contributed by atoms with Crippen LogP contribution in [0.3, 0.4) is 0 Å². The number of hydrogen-bond acceptors (Lipinski definition) is 4. The maximum atomic E-state index is 12.5. The van der Waals surface area contributed by atoms with Crippen LogP contribution in [-0.4, -0.2) is 25.1 Å². The molecule has 2 aromatic heterocycles. The van der Waals surface area contributed by atoms with E-state index in [4.69, 9.17) is 0 Å². The molecule has 0 aliphatic rings. The highest BCUT2D eigenvalue weighted by molar-refractivity contribution is 5.93. The molecule has 0 atom stereocenters. The maximum Gasteiger partial charge on any atom is 0.352 e. The Kier molecular flexibility index (Phi) is 3.76. The second-order valence-corrected chi connectivity index (χ2v) is 6.27. The molecule has 0 saturated carbocycles. The summed E-state index contributed by atoms with van der Waals surface area (Å²) < 4.78 is 2.52. The van der Waals surface area contributed by atoms with Gasteiger partial charge >= 0.3 is 5.69 Å². The SMILES string of the molecule is Cc1cccc(NC(=O)Cn2nc3c4cccc(C)c4ncn3c2=O)c1. The molecule has 0 bridgehead atoms. The molecule has 2 heterocycles. The molecular formula is C19H17N5O2. The Morgan fingerprint density at radius 3 is 2.77 bits per heavy atom. The molecular weight excluding hydrogens is 330 g/mol. The zero-order valence-corrected chi connectivity index (χ0v) is 14.4. The Labute approximate surface area is 148 Å². The van der Waals surface area contributed by atoms with E-state index in [2.05, 4.69) is 15.4 Å². The summed E-state index contributed by atoms with van der Waals surface area (Å²) in [5.74, 6) is -0.311. The average molecular weight is 347 g/mol. The zero-order valence-electron chi connectivity index (χ0n) is 14.4. The summed E-state index contributed by atoms with van der Waals surface area (Å²) in [6.07, 6.45) is 1.45. The molecule has 4 aromatic rings. The van der Waals surface area contributed by atoms with Gasteiger partial charge in [0.15, 0.2) is 5.65 Å². The quantitative estimate of drug-likeness (QED) is 0.616. The number of amides is 1. The number of nitrogens with zero attached hydrogens (tertiary/aromatic N) is 4. The smallest absolute Gasteiger partial charge is 0.324 e. The first-order chi connectivity index (χ1) is 12.5. The highest BCUT2D eigenvalue weighted by Crippen LogP contribution is 2.18. The lowest BCUT2D eigenvalue weighted by Crippen LogP contribution is -2.28. The van der Waals surface area contributed by atoms with Crippen LogP contribution in [-0.2, 0) is 11.3 Å². The molecule has 0 saturated heterocycles. The van der Waals surface area contributed by atoms with E-state index in [-0.39, 0.29) is 12.5 Å². The summed E-state index contributed by atoms with van der Waals surface area (Å²) in [5, 5.41) is 7.91. The Bertz CT molecular complexity index is 1210. The number of para-hydroxylation sites is 1. The number of rotatable bonds is 3. The molecule has 130 valence electrons. The summed E-state index contributed by atoms with van der Waals surface area (Å²) in [6, 6.07) is 13.2. The molecule has 0 unspecified atom stereocenters. The molecule has 2 aromatic carbocycles. The topological polar surface area (TPSA) is 81.3 Å². The molecule has 26 heavy (non-hydrogen) atoms. The van der Waals surface area contributed by atoms with Crippen molar-refractivity contribution in [2.24, 2.45) is 0 Å². The number of anilines is 1. The molecule has 7 nitrogen and oxygen atoms in total. The van der Waals surface area contributed by atoms with Crippen molar-refractivity contribution in [1.82, 2.24) is 19.2 Å². The van der Waals surface area contributed by atoms with E-state index in [1.165, 1.54) is 10.7 Å². The number of carbonyl (C=O) groups is 1. The Morgan fingerprint density at radius 1 is 1.15 bits per heavy atom. The van der Waals surface area contributed by atoms with Gasteiger partial charge in [0.05, 0.1) is 5.52 Å². The van der Waals surface area contributed by atoms with Crippen LogP contribution in [0.5, 0.6) is 0 Å². The number of hydrogen-bond donors (Lipinski definition) is 1. The van der Waals surface area contributed by atoms with E-state index in [1.54, 1.807) is 6.07 Å². The number of fused-ring (bicyclic) bond motifs is 3. The summed E-state index contributed by atoms with van der Waals surface area (Å²) >= 11 is 0. The van der Waals surface area contributed by atoms with Gasteiger partial charge in [-0.05, 0) is 43.2 Å². The van der Waals surface area contributed by atoms with Gasteiger partial charge in [0.1, 0.15) is 12.9 Å². The summed E-state index contributed by atoms with van der Waals surface area (Å²) in [6.45, 7) is 3.74. The van der Waals surface area contributed by atoms with Gasteiger partial charge in [0.2, 0.25) is 5.91 Å². The minimum atomic E-state index is -0.393. The van der Waals surface area contributed by atoms with E-state index in [9.17, 15) is 9.59 Å². The monoisotopic (exact) mass is 347 g/mol. The summed E-state index contributed by atoms with van der Waals surface area (Å²) in [7, 11) is 0. The van der Waals surface area contributed by atoms with Gasteiger partial charge in [-0.25, -0.2) is 18.9 Å². The van der Waals surface area contributed by atoms with Gasteiger partial charge in [-0.2, -0.15) is 0 Å². The van der Waals surface area contributed by atoms with Crippen molar-refractivity contribution in [3.63, 3.8) is 0 Å². The van der Waals surface area contributed by atoms with E-state index >= 15 is 0 Å². The second kappa shape index (κ2) is 6.11. The van der Waals surface area contributed by atoms with Crippen LogP contribution in [0, 0.1) is 13.8 Å². The van der Waals surface area contributed by atoms with Crippen LogP contribution in [0.2, 0.25) is 0 Å². The number of nitrogens with one attached hydrogen (secondary N) is 1. The van der Waals surface area contributed by atoms with Crippen LogP contribution >= 0.6 is 0 Å². The lowest BCUT2D eigenvalue weighted by atomic mass is 10.1. The van der Waals surface area contributed by atoms with Crippen molar-refractivity contribution in [2.45, 2.75) is 20.4 Å². The van der Waals surface area contributed by atoms with Crippen LogP contribution in [0.1, 0.15) is 11.1 Å². The third-order valence-electron chi connectivity index (χ3n) is 4.25. The number of aromatic nitrogens is 4. The fraction of sp³-hybridized carbons (Fsp3) is 0.158. The predicted molar refractivity (Wildman–Crippen MR) is 99.3 cm³/mol. The second-order valence-electron chi connectivity index (χ2n) is 6.27. The fourth-order valence-corrected chi connectivity index (χ4v) is 3.00. The van der Waals surface area contributed by atoms with Gasteiger partial charge in [0.25, 0.3) is 0 Å². The average Bonchev–Trinajstić information content (AvgIpc) is 2.92. The fourth-order valence-electron chi connectivity index (χ4n) is 3.00. The van der Waals surface area contributed by atoms with Crippen LogP contribution < -0.4 is 11.0 Å². The van der Waals surface area contributed by atoms with Crippen molar-refractivity contribution in [3.05, 3.63) is 70.4 Å². The Hall–Kier alpha value is -3.48. The van der Waals surface area contributed by atoms with E-state index < -0.39 is 5.69 Å². The van der Waals surface area contributed by atoms with Gasteiger partial charge < -0.3 is 5.32 Å². The lowest BCUT2D eigenvalue weighted by Gasteiger charge is -2.05. The van der Waals surface area contributed by atoms with E-state index in [0.29, 0.717) is 11.3 Å². The normalized spacial score (nSPS) is 11.2. The summed E-state index contributed by atoms with van der Waals surface area (Å²) in [4.78, 5) is 29.2. The molecule has 1 amide bonds. The molecule has 4 rings (SSSR count). The first-order valence-corrected chi connectivity index (χ1v) is 8.23. The van der Waals surface area contributed by atoms with Crippen molar-refractivity contribution >= 4 is 28.1 Å². The molecule has 1 N–H and O–H groups in total. The highest BCUT2D eigenvalue weighted by atomic mass is 16.2. The first-order valence-electron chi connectivity index (χ1n) is 8.23. The zero-order chi connectivity index (χ0) is 18.3. The first kappa shape index (κ1) is 16.0. The standard InChI is InChI=1S/C19H17N5O2/c1-12-5-3-7-14(9-12)21-16(25)10-24-19(26)23-11-20-17-13(2)6-4-8-15(17)18(23)22-24/h3-9,11H,10H2,1-2H3,(H,21,25). The Morgan fingerprint density at radius 2 is 1.96 bits per heavy atom. The van der Waals surface area contributed by atoms with Gasteiger partial charge in [0, 0.05) is 11.1 Å². The third-order valence-corrected chi connectivity index (χ3v) is 4.25. The molecule has 0 aliphatic carbocycles. The number of carbonyl (C=O) groups excluding carboxylic acids is 1. The summed E-state index contributed by atoms with van der Waals surface area (Å²) in [5.41, 5.74) is 3.63. The predicted octanol–water partition coefficient (Wildman–Crippen LogP) is 2.30. The minimum absolute atomic E-state index is 0.165. The van der Waals surface area contributed by atoms with Crippen molar-refractivity contribution < 1.29 is 4.79 Å². The van der Waals surface area contributed by atoms with Gasteiger partial charge in [-0.15, -0.1) is 5.10 Å². The van der Waals surface area contributed by atoms with E-state index in [0.717, 1.165) is 26.7 Å². The van der Waals surface area contributed by atoms with Crippen LogP contribution in [0.25, 0.3) is 16.6 Å². The van der Waals surface area contributed by atoms with Gasteiger partial charge in [-0.3, -0.25) is 4.79 Å². The molecule has 0 fully saturated rings. The van der Waals surface area contributed by atoms with Gasteiger partial charge in [-0.1, -0.05) is 24.3 Å². The molecule has 0 radical (unpaired) electrons. The lowest BCUT2D eigenvalue weighted by molar-refractivity contribution is -0.117. The molecule has 0 spiro atoms. The van der Waals surface area contributed by atoms with Crippen LogP contribution in [0.15, 0.2) is 53.6 Å². The van der Waals surface area contributed by atoms with Crippen molar-refractivity contribution in [2.75, 3.05) is 5.32 Å². The highest BCUT2D eigenvalue weighted by Gasteiger charge is 2.14. The number of benzene rings is 2. The maximum absolute atomic E-state index is 12.5. The number of aryl methyl sites for hydroxylation is 2.